The highest BCUT2D eigenvalue weighted by molar-refractivity contribution is 9.10. The summed E-state index contributed by atoms with van der Waals surface area (Å²) in [5, 5.41) is 1.04. The predicted molar refractivity (Wildman–Crippen MR) is 71.4 cm³/mol. The van der Waals surface area contributed by atoms with Crippen LogP contribution in [0.4, 0.5) is 0 Å². The molecule has 2 rings (SSSR count). The lowest BCUT2D eigenvalue weighted by Crippen LogP contribution is -2.02. The number of rotatable bonds is 2. The molecule has 0 radical (unpaired) electrons. The molecule has 2 aromatic rings. The van der Waals surface area contributed by atoms with E-state index in [0.717, 1.165) is 15.4 Å². The molecule has 0 bridgehead atoms. The van der Waals surface area contributed by atoms with Crippen LogP contribution in [0.25, 0.3) is 10.9 Å². The number of fused-ring (bicyclic) bond motifs is 1. The molecule has 1 aromatic carbocycles. The number of hydrogen-bond donors (Lipinski definition) is 0. The summed E-state index contributed by atoms with van der Waals surface area (Å²) in [6.07, 6.45) is 2.03. The Morgan fingerprint density at radius 2 is 2.12 bits per heavy atom. The van der Waals surface area contributed by atoms with Crippen molar-refractivity contribution in [2.45, 2.75) is 19.9 Å². The molecule has 0 unspecified atom stereocenters. The summed E-state index contributed by atoms with van der Waals surface area (Å²) in [7, 11) is 1.39. The molecule has 0 saturated heterocycles. The second kappa shape index (κ2) is 4.53. The van der Waals surface area contributed by atoms with E-state index in [0.29, 0.717) is 11.6 Å². The van der Waals surface area contributed by atoms with Gasteiger partial charge in [-0.2, -0.15) is 0 Å². The Kier molecular flexibility index (Phi) is 3.24. The van der Waals surface area contributed by atoms with Crippen molar-refractivity contribution in [1.29, 1.82) is 0 Å². The van der Waals surface area contributed by atoms with E-state index in [1.807, 2.05) is 18.3 Å². The van der Waals surface area contributed by atoms with Crippen LogP contribution in [0.1, 0.15) is 30.2 Å². The lowest BCUT2D eigenvalue weighted by molar-refractivity contribution is 0.0601. The number of carbonyl (C=O) groups is 1. The molecule has 0 atom stereocenters. The van der Waals surface area contributed by atoms with Crippen LogP contribution >= 0.6 is 15.9 Å². The van der Waals surface area contributed by atoms with Crippen molar-refractivity contribution < 1.29 is 9.53 Å². The summed E-state index contributed by atoms with van der Waals surface area (Å²) in [5.41, 5.74) is 1.67. The minimum Gasteiger partial charge on any atom is -0.465 e. The summed E-state index contributed by atoms with van der Waals surface area (Å²) in [6, 6.07) is 6.04. The first kappa shape index (κ1) is 12.2. The van der Waals surface area contributed by atoms with Crippen molar-refractivity contribution in [3.8, 4) is 0 Å². The third-order valence-corrected chi connectivity index (χ3v) is 3.35. The predicted octanol–water partition coefficient (Wildman–Crippen LogP) is 3.77. The van der Waals surface area contributed by atoms with Crippen molar-refractivity contribution in [3.05, 3.63) is 34.4 Å². The molecule has 0 saturated carbocycles. The fourth-order valence-electron chi connectivity index (χ4n) is 1.92. The van der Waals surface area contributed by atoms with Crippen molar-refractivity contribution in [2.75, 3.05) is 7.11 Å². The molecule has 1 heterocycles. The zero-order valence-electron chi connectivity index (χ0n) is 10.0. The number of ether oxygens (including phenoxy) is 1. The average Bonchev–Trinajstić information content (AvgIpc) is 2.72. The molecule has 0 spiro atoms. The number of aromatic nitrogens is 1. The van der Waals surface area contributed by atoms with Crippen LogP contribution in [0.3, 0.4) is 0 Å². The van der Waals surface area contributed by atoms with Crippen molar-refractivity contribution in [2.24, 2.45) is 0 Å². The zero-order valence-corrected chi connectivity index (χ0v) is 11.6. The number of nitrogens with zero attached hydrogens (tertiary/aromatic N) is 1. The van der Waals surface area contributed by atoms with E-state index in [1.165, 1.54) is 7.11 Å². The van der Waals surface area contributed by atoms with E-state index < -0.39 is 0 Å². The third kappa shape index (κ3) is 2.09. The maximum Gasteiger partial charge on any atom is 0.337 e. The van der Waals surface area contributed by atoms with Gasteiger partial charge in [-0.05, 0) is 48.0 Å². The number of halogens is 1. The topological polar surface area (TPSA) is 31.2 Å². The molecule has 3 nitrogen and oxygen atoms in total. The van der Waals surface area contributed by atoms with E-state index in [2.05, 4.69) is 34.3 Å². The molecule has 0 aliphatic heterocycles. The minimum atomic E-state index is -0.315. The molecule has 0 aliphatic rings. The quantitative estimate of drug-likeness (QED) is 0.790. The van der Waals surface area contributed by atoms with E-state index >= 15 is 0 Å². The first-order valence-electron chi connectivity index (χ1n) is 5.43. The number of methoxy groups -OCH3 is 1. The van der Waals surface area contributed by atoms with Gasteiger partial charge >= 0.3 is 5.97 Å². The average molecular weight is 296 g/mol. The Hall–Kier alpha value is -1.29. The lowest BCUT2D eigenvalue weighted by atomic mass is 10.1. The molecule has 0 aliphatic carbocycles. The number of carbonyl (C=O) groups excluding carboxylic acids is 1. The smallest absolute Gasteiger partial charge is 0.337 e. The summed E-state index contributed by atoms with van der Waals surface area (Å²) in [4.78, 5) is 11.5. The standard InChI is InChI=1S/C13H14BrNO2/c1-8(2)15-5-4-9-6-10(13(16)17-3)7-11(14)12(9)15/h4-8H,1-3H3. The maximum atomic E-state index is 11.5. The minimum absolute atomic E-state index is 0.315. The lowest BCUT2D eigenvalue weighted by Gasteiger charge is -2.11. The Labute approximate surface area is 108 Å². The van der Waals surface area contributed by atoms with Gasteiger partial charge in [-0.25, -0.2) is 4.79 Å². The Morgan fingerprint density at radius 1 is 1.41 bits per heavy atom. The van der Waals surface area contributed by atoms with Crippen LogP contribution in [0.15, 0.2) is 28.9 Å². The fourth-order valence-corrected chi connectivity index (χ4v) is 2.60. The monoisotopic (exact) mass is 295 g/mol. The molecule has 0 fully saturated rings. The van der Waals surface area contributed by atoms with Crippen molar-refractivity contribution >= 4 is 32.8 Å². The largest absolute Gasteiger partial charge is 0.465 e. The van der Waals surface area contributed by atoms with Gasteiger partial charge in [0.1, 0.15) is 0 Å². The number of benzene rings is 1. The molecule has 4 heteroatoms. The molecular weight excluding hydrogens is 282 g/mol. The fraction of sp³-hybridized carbons (Fsp3) is 0.308. The zero-order chi connectivity index (χ0) is 12.6. The van der Waals surface area contributed by atoms with Gasteiger partial charge in [0.05, 0.1) is 18.2 Å². The SMILES string of the molecule is COC(=O)c1cc(Br)c2c(ccn2C(C)C)c1. The van der Waals surface area contributed by atoms with Gasteiger partial charge < -0.3 is 9.30 Å². The highest BCUT2D eigenvalue weighted by Gasteiger charge is 2.13. The first-order valence-corrected chi connectivity index (χ1v) is 6.22. The van der Waals surface area contributed by atoms with E-state index in [9.17, 15) is 4.79 Å². The first-order chi connectivity index (χ1) is 8.04. The second-order valence-corrected chi connectivity index (χ2v) is 5.06. The third-order valence-electron chi connectivity index (χ3n) is 2.74. The Balaban J connectivity index is 2.65. The van der Waals surface area contributed by atoms with Gasteiger partial charge in [0.15, 0.2) is 0 Å². The highest BCUT2D eigenvalue weighted by atomic mass is 79.9. The highest BCUT2D eigenvalue weighted by Crippen LogP contribution is 2.29. The maximum absolute atomic E-state index is 11.5. The molecule has 17 heavy (non-hydrogen) atoms. The molecular formula is C13H14BrNO2. The van der Waals surface area contributed by atoms with Crippen LogP contribution in [0.5, 0.6) is 0 Å². The van der Waals surface area contributed by atoms with E-state index in [1.54, 1.807) is 6.07 Å². The molecule has 1 aromatic heterocycles. The van der Waals surface area contributed by atoms with Gasteiger partial charge in [0.2, 0.25) is 0 Å². The van der Waals surface area contributed by atoms with Crippen LogP contribution in [-0.2, 0) is 4.74 Å². The van der Waals surface area contributed by atoms with Crippen LogP contribution < -0.4 is 0 Å². The van der Waals surface area contributed by atoms with Gasteiger partial charge in [-0.15, -0.1) is 0 Å². The van der Waals surface area contributed by atoms with Crippen LogP contribution in [0, 0.1) is 0 Å². The van der Waals surface area contributed by atoms with Gasteiger partial charge in [0.25, 0.3) is 0 Å². The van der Waals surface area contributed by atoms with Gasteiger partial charge in [-0.1, -0.05) is 0 Å². The second-order valence-electron chi connectivity index (χ2n) is 4.20. The summed E-state index contributed by atoms with van der Waals surface area (Å²) < 4.78 is 7.81. The summed E-state index contributed by atoms with van der Waals surface area (Å²) in [5.74, 6) is -0.315. The van der Waals surface area contributed by atoms with Gasteiger partial charge in [0, 0.05) is 22.1 Å². The van der Waals surface area contributed by atoms with Crippen molar-refractivity contribution in [1.82, 2.24) is 4.57 Å². The Morgan fingerprint density at radius 3 is 2.71 bits per heavy atom. The normalized spacial score (nSPS) is 11.1. The number of esters is 1. The molecule has 90 valence electrons. The molecule has 0 N–H and O–H groups in total. The summed E-state index contributed by atoms with van der Waals surface area (Å²) >= 11 is 3.51. The van der Waals surface area contributed by atoms with Crippen LogP contribution in [0.2, 0.25) is 0 Å². The summed E-state index contributed by atoms with van der Waals surface area (Å²) in [6.45, 7) is 4.25. The van der Waals surface area contributed by atoms with Crippen LogP contribution in [-0.4, -0.2) is 17.6 Å². The van der Waals surface area contributed by atoms with Gasteiger partial charge in [-0.3, -0.25) is 0 Å². The van der Waals surface area contributed by atoms with E-state index in [-0.39, 0.29) is 5.97 Å². The number of hydrogen-bond acceptors (Lipinski definition) is 2. The van der Waals surface area contributed by atoms with Crippen molar-refractivity contribution in [3.63, 3.8) is 0 Å². The molecule has 0 amide bonds. The van der Waals surface area contributed by atoms with E-state index in [4.69, 9.17) is 4.74 Å². The Bertz CT molecular complexity index is 572.